The second-order valence-electron chi connectivity index (χ2n) is 5.33. The number of hydrogen-bond donors (Lipinski definition) is 1. The average molecular weight is 286 g/mol. The third-order valence-electron chi connectivity index (χ3n) is 3.99. The Hall–Kier alpha value is -0.0500. The molecule has 3 heteroatoms. The molecule has 0 bridgehead atoms. The summed E-state index contributed by atoms with van der Waals surface area (Å²) in [4.78, 5) is 1.43. The van der Waals surface area contributed by atoms with Crippen molar-refractivity contribution < 1.29 is 0 Å². The first kappa shape index (κ1) is 14.4. The van der Waals surface area contributed by atoms with E-state index < -0.39 is 0 Å². The van der Waals surface area contributed by atoms with Crippen LogP contribution in [-0.4, -0.2) is 12.6 Å². The van der Waals surface area contributed by atoms with Crippen molar-refractivity contribution in [2.24, 2.45) is 5.92 Å². The van der Waals surface area contributed by atoms with Gasteiger partial charge < -0.3 is 5.32 Å². The first-order chi connectivity index (χ1) is 8.79. The van der Waals surface area contributed by atoms with E-state index in [4.69, 9.17) is 11.6 Å². The minimum Gasteiger partial charge on any atom is -0.314 e. The van der Waals surface area contributed by atoms with Gasteiger partial charge in [-0.3, -0.25) is 0 Å². The van der Waals surface area contributed by atoms with Crippen LogP contribution < -0.4 is 5.32 Å². The van der Waals surface area contributed by atoms with Crippen LogP contribution in [0, 0.1) is 5.92 Å². The van der Waals surface area contributed by atoms with Gasteiger partial charge in [-0.1, -0.05) is 44.2 Å². The smallest absolute Gasteiger partial charge is 0.0931 e. The fourth-order valence-electron chi connectivity index (χ4n) is 3.06. The van der Waals surface area contributed by atoms with Crippen molar-refractivity contribution >= 4 is 22.9 Å². The largest absolute Gasteiger partial charge is 0.314 e. The van der Waals surface area contributed by atoms with Crippen LogP contribution in [0.4, 0.5) is 0 Å². The lowest BCUT2D eigenvalue weighted by molar-refractivity contribution is 0.323. The Morgan fingerprint density at radius 2 is 2.00 bits per heavy atom. The van der Waals surface area contributed by atoms with E-state index >= 15 is 0 Å². The van der Waals surface area contributed by atoms with Gasteiger partial charge in [0.05, 0.1) is 4.34 Å². The van der Waals surface area contributed by atoms with Gasteiger partial charge in [-0.25, -0.2) is 0 Å². The third-order valence-corrected chi connectivity index (χ3v) is 5.24. The van der Waals surface area contributed by atoms with E-state index in [9.17, 15) is 0 Å². The first-order valence-electron chi connectivity index (χ1n) is 7.27. The molecule has 2 rings (SSSR count). The van der Waals surface area contributed by atoms with E-state index in [1.165, 1.54) is 43.4 Å². The van der Waals surface area contributed by atoms with Crippen molar-refractivity contribution in [3.05, 3.63) is 21.3 Å². The Bertz CT molecular complexity index is 342. The van der Waals surface area contributed by atoms with Gasteiger partial charge in [0.15, 0.2) is 0 Å². The summed E-state index contributed by atoms with van der Waals surface area (Å²) in [5, 5.41) is 3.70. The zero-order chi connectivity index (χ0) is 12.8. The highest BCUT2D eigenvalue weighted by atomic mass is 35.5. The Balaban J connectivity index is 1.97. The van der Waals surface area contributed by atoms with Gasteiger partial charge >= 0.3 is 0 Å². The molecule has 1 aromatic rings. The SMILES string of the molecule is CCNC(Cc1ccc(Cl)s1)C1CCCCCC1. The Morgan fingerprint density at radius 3 is 2.56 bits per heavy atom. The van der Waals surface area contributed by atoms with Gasteiger partial charge in [-0.05, 0) is 43.9 Å². The lowest BCUT2D eigenvalue weighted by Gasteiger charge is -2.26. The third kappa shape index (κ3) is 4.25. The summed E-state index contributed by atoms with van der Waals surface area (Å²) >= 11 is 7.77. The standard InChI is InChI=1S/C15H24ClNS/c1-2-17-14(11-13-9-10-15(16)18-13)12-7-5-3-4-6-8-12/h9-10,12,14,17H,2-8,11H2,1H3. The number of hydrogen-bond acceptors (Lipinski definition) is 2. The molecule has 1 aromatic heterocycles. The minimum absolute atomic E-state index is 0.641. The van der Waals surface area contributed by atoms with Crippen LogP contribution in [-0.2, 0) is 6.42 Å². The molecule has 1 saturated carbocycles. The van der Waals surface area contributed by atoms with E-state index in [0.29, 0.717) is 6.04 Å². The molecule has 0 amide bonds. The quantitative estimate of drug-likeness (QED) is 0.759. The maximum atomic E-state index is 6.03. The molecule has 0 aliphatic heterocycles. The number of halogens is 1. The zero-order valence-electron chi connectivity index (χ0n) is 11.3. The minimum atomic E-state index is 0.641. The number of nitrogens with one attached hydrogen (secondary N) is 1. The molecule has 1 aliphatic rings. The zero-order valence-corrected chi connectivity index (χ0v) is 12.8. The second-order valence-corrected chi connectivity index (χ2v) is 7.13. The molecule has 1 atom stereocenters. The molecule has 18 heavy (non-hydrogen) atoms. The molecule has 1 nitrogen and oxygen atoms in total. The van der Waals surface area contributed by atoms with Gasteiger partial charge in [0.25, 0.3) is 0 Å². The summed E-state index contributed by atoms with van der Waals surface area (Å²) in [6, 6.07) is 4.86. The molecule has 1 aliphatic carbocycles. The Morgan fingerprint density at radius 1 is 1.28 bits per heavy atom. The monoisotopic (exact) mass is 285 g/mol. The molecule has 1 fully saturated rings. The highest BCUT2D eigenvalue weighted by Gasteiger charge is 2.22. The van der Waals surface area contributed by atoms with Gasteiger partial charge in [0.1, 0.15) is 0 Å². The van der Waals surface area contributed by atoms with Gasteiger partial charge in [-0.2, -0.15) is 0 Å². The van der Waals surface area contributed by atoms with Crippen LogP contribution in [0.1, 0.15) is 50.3 Å². The average Bonchev–Trinajstić information content (AvgIpc) is 2.63. The van der Waals surface area contributed by atoms with Crippen LogP contribution in [0.25, 0.3) is 0 Å². The van der Waals surface area contributed by atoms with Crippen LogP contribution >= 0.6 is 22.9 Å². The van der Waals surface area contributed by atoms with Crippen molar-refractivity contribution in [1.82, 2.24) is 5.32 Å². The number of rotatable bonds is 5. The van der Waals surface area contributed by atoms with E-state index in [2.05, 4.69) is 18.3 Å². The molecule has 1 N–H and O–H groups in total. The fraction of sp³-hybridized carbons (Fsp3) is 0.733. The predicted molar refractivity (Wildman–Crippen MR) is 81.7 cm³/mol. The highest BCUT2D eigenvalue weighted by molar-refractivity contribution is 7.16. The van der Waals surface area contributed by atoms with Gasteiger partial charge in [0, 0.05) is 10.9 Å². The lowest BCUT2D eigenvalue weighted by Crippen LogP contribution is -2.37. The maximum Gasteiger partial charge on any atom is 0.0931 e. The first-order valence-corrected chi connectivity index (χ1v) is 8.46. The van der Waals surface area contributed by atoms with Crippen LogP contribution in [0.5, 0.6) is 0 Å². The van der Waals surface area contributed by atoms with Crippen LogP contribution in [0.2, 0.25) is 4.34 Å². The van der Waals surface area contributed by atoms with Crippen LogP contribution in [0.15, 0.2) is 12.1 Å². The molecule has 0 saturated heterocycles. The second kappa shape index (κ2) is 7.52. The summed E-state index contributed by atoms with van der Waals surface area (Å²) in [7, 11) is 0. The Labute approximate surface area is 120 Å². The van der Waals surface area contributed by atoms with Crippen LogP contribution in [0.3, 0.4) is 0 Å². The van der Waals surface area contributed by atoms with Crippen molar-refractivity contribution in [1.29, 1.82) is 0 Å². The van der Waals surface area contributed by atoms with E-state index in [-0.39, 0.29) is 0 Å². The fourth-order valence-corrected chi connectivity index (χ4v) is 4.21. The maximum absolute atomic E-state index is 6.03. The highest BCUT2D eigenvalue weighted by Crippen LogP contribution is 2.29. The van der Waals surface area contributed by atoms with Gasteiger partial charge in [-0.15, -0.1) is 11.3 Å². The molecule has 0 aromatic carbocycles. The van der Waals surface area contributed by atoms with Gasteiger partial charge in [0.2, 0.25) is 0 Å². The Kier molecular flexibility index (Phi) is 6.00. The molecular formula is C15H24ClNS. The number of thiophene rings is 1. The summed E-state index contributed by atoms with van der Waals surface area (Å²) in [5.41, 5.74) is 0. The van der Waals surface area contributed by atoms with Crippen molar-refractivity contribution in [2.75, 3.05) is 6.54 Å². The summed E-state index contributed by atoms with van der Waals surface area (Å²) in [5.74, 6) is 0.855. The van der Waals surface area contributed by atoms with Crippen molar-refractivity contribution in [3.63, 3.8) is 0 Å². The topological polar surface area (TPSA) is 12.0 Å². The molecule has 1 heterocycles. The normalized spacial score (nSPS) is 19.7. The van der Waals surface area contributed by atoms with Crippen molar-refractivity contribution in [2.45, 2.75) is 57.9 Å². The molecular weight excluding hydrogens is 262 g/mol. The summed E-state index contributed by atoms with van der Waals surface area (Å²) < 4.78 is 0.918. The summed E-state index contributed by atoms with van der Waals surface area (Å²) in [6.45, 7) is 3.28. The molecule has 1 unspecified atom stereocenters. The number of likely N-dealkylation sites (N-methyl/N-ethyl adjacent to an activating group) is 1. The van der Waals surface area contributed by atoms with E-state index in [0.717, 1.165) is 23.2 Å². The molecule has 0 radical (unpaired) electrons. The van der Waals surface area contributed by atoms with Crippen molar-refractivity contribution in [3.8, 4) is 0 Å². The van der Waals surface area contributed by atoms with E-state index in [1.807, 2.05) is 6.07 Å². The summed E-state index contributed by atoms with van der Waals surface area (Å²) in [6.07, 6.45) is 9.64. The molecule has 102 valence electrons. The predicted octanol–water partition coefficient (Wildman–Crippen LogP) is 4.89. The van der Waals surface area contributed by atoms with E-state index in [1.54, 1.807) is 11.3 Å². The molecule has 0 spiro atoms. The lowest BCUT2D eigenvalue weighted by atomic mass is 9.89.